The summed E-state index contributed by atoms with van der Waals surface area (Å²) >= 11 is 0. The minimum Gasteiger partial charge on any atom is -0.490 e. The molecule has 0 saturated heterocycles. The summed E-state index contributed by atoms with van der Waals surface area (Å²) in [6.07, 6.45) is 2.99. The van der Waals surface area contributed by atoms with E-state index in [4.69, 9.17) is 10.5 Å². The zero-order valence-corrected chi connectivity index (χ0v) is 8.87. The van der Waals surface area contributed by atoms with Gasteiger partial charge in [-0.2, -0.15) is 0 Å². The van der Waals surface area contributed by atoms with Gasteiger partial charge in [0.2, 0.25) is 0 Å². The van der Waals surface area contributed by atoms with E-state index in [0.29, 0.717) is 5.75 Å². The molecule has 82 valence electrons. The van der Waals surface area contributed by atoms with Gasteiger partial charge < -0.3 is 10.5 Å². The predicted octanol–water partition coefficient (Wildman–Crippen LogP) is 2.39. The van der Waals surface area contributed by atoms with Crippen molar-refractivity contribution in [3.63, 3.8) is 0 Å². The Kier molecular flexibility index (Phi) is 2.91. The van der Waals surface area contributed by atoms with Gasteiger partial charge in [-0.3, -0.25) is 0 Å². The van der Waals surface area contributed by atoms with E-state index < -0.39 is 0 Å². The molecule has 0 aromatic heterocycles. The van der Waals surface area contributed by atoms with Crippen molar-refractivity contribution >= 4 is 0 Å². The molecule has 1 fully saturated rings. The lowest BCUT2D eigenvalue weighted by molar-refractivity contribution is 0.206. The highest BCUT2D eigenvalue weighted by Gasteiger charge is 2.23. The van der Waals surface area contributed by atoms with Gasteiger partial charge in [-0.1, -0.05) is 6.07 Å². The number of nitrogens with two attached hydrogens (primary N) is 1. The molecule has 1 aliphatic rings. The molecule has 0 spiro atoms. The molecule has 0 amide bonds. The summed E-state index contributed by atoms with van der Waals surface area (Å²) in [6.45, 7) is 1.92. The van der Waals surface area contributed by atoms with Gasteiger partial charge in [-0.25, -0.2) is 4.39 Å². The Hall–Kier alpha value is -1.09. The summed E-state index contributed by atoms with van der Waals surface area (Å²) in [6, 6.07) is 4.87. The lowest BCUT2D eigenvalue weighted by atomic mass is 10.2. The second-order valence-electron chi connectivity index (χ2n) is 4.22. The molecule has 1 aromatic rings. The van der Waals surface area contributed by atoms with Gasteiger partial charge in [0.1, 0.15) is 17.7 Å². The predicted molar refractivity (Wildman–Crippen MR) is 57.4 cm³/mol. The van der Waals surface area contributed by atoms with Crippen LogP contribution in [0.5, 0.6) is 5.75 Å². The average Bonchev–Trinajstić information content (AvgIpc) is 2.58. The van der Waals surface area contributed by atoms with Gasteiger partial charge in [0.05, 0.1) is 0 Å². The summed E-state index contributed by atoms with van der Waals surface area (Å²) in [5.41, 5.74) is 6.76. The minimum atomic E-state index is -0.252. The number of halogens is 1. The van der Waals surface area contributed by atoms with Crippen LogP contribution in [0, 0.1) is 12.7 Å². The van der Waals surface area contributed by atoms with Crippen LogP contribution in [0.15, 0.2) is 18.2 Å². The van der Waals surface area contributed by atoms with Crippen LogP contribution in [0.3, 0.4) is 0 Å². The van der Waals surface area contributed by atoms with E-state index in [1.54, 1.807) is 6.07 Å². The number of ether oxygens (including phenoxy) is 1. The summed E-state index contributed by atoms with van der Waals surface area (Å²) in [5, 5.41) is 0. The largest absolute Gasteiger partial charge is 0.490 e. The molecule has 1 aliphatic carbocycles. The molecule has 2 unspecified atom stereocenters. The van der Waals surface area contributed by atoms with E-state index >= 15 is 0 Å². The Morgan fingerprint density at radius 1 is 1.40 bits per heavy atom. The maximum absolute atomic E-state index is 13.0. The highest BCUT2D eigenvalue weighted by Crippen LogP contribution is 2.26. The molecule has 0 aliphatic heterocycles. The number of benzene rings is 1. The Morgan fingerprint density at radius 3 is 2.87 bits per heavy atom. The molecule has 2 nitrogen and oxygen atoms in total. The van der Waals surface area contributed by atoms with Crippen molar-refractivity contribution in [2.75, 3.05) is 0 Å². The van der Waals surface area contributed by atoms with Crippen LogP contribution in [-0.4, -0.2) is 12.1 Å². The third kappa shape index (κ3) is 2.48. The van der Waals surface area contributed by atoms with E-state index in [2.05, 4.69) is 0 Å². The second-order valence-corrected chi connectivity index (χ2v) is 4.22. The standard InChI is InChI=1S/C12H16FNO/c1-8-2-3-9(13)6-12(8)15-11-5-4-10(14)7-11/h2-3,6,10-11H,4-5,7,14H2,1H3. The summed E-state index contributed by atoms with van der Waals surface area (Å²) < 4.78 is 18.7. The van der Waals surface area contributed by atoms with Crippen molar-refractivity contribution in [2.45, 2.75) is 38.3 Å². The molecule has 1 aromatic carbocycles. The second kappa shape index (κ2) is 4.19. The highest BCUT2D eigenvalue weighted by molar-refractivity contribution is 5.32. The Morgan fingerprint density at radius 2 is 2.20 bits per heavy atom. The molecule has 2 rings (SSSR count). The van der Waals surface area contributed by atoms with Gasteiger partial charge in [-0.05, 0) is 37.8 Å². The normalized spacial score (nSPS) is 25.5. The molecule has 2 N–H and O–H groups in total. The summed E-state index contributed by atoms with van der Waals surface area (Å²) in [4.78, 5) is 0. The molecule has 1 saturated carbocycles. The molecule has 0 bridgehead atoms. The summed E-state index contributed by atoms with van der Waals surface area (Å²) in [5.74, 6) is 0.395. The maximum atomic E-state index is 13.0. The first-order valence-corrected chi connectivity index (χ1v) is 5.33. The van der Waals surface area contributed by atoms with Crippen LogP contribution < -0.4 is 10.5 Å². The van der Waals surface area contributed by atoms with E-state index in [1.165, 1.54) is 12.1 Å². The molecule has 3 heteroatoms. The van der Waals surface area contributed by atoms with Crippen LogP contribution in [0.25, 0.3) is 0 Å². The topological polar surface area (TPSA) is 35.2 Å². The third-order valence-electron chi connectivity index (χ3n) is 2.87. The molecular formula is C12H16FNO. The molecular weight excluding hydrogens is 193 g/mol. The van der Waals surface area contributed by atoms with Gasteiger partial charge >= 0.3 is 0 Å². The Labute approximate surface area is 89.2 Å². The van der Waals surface area contributed by atoms with Crippen LogP contribution in [0.1, 0.15) is 24.8 Å². The molecule has 0 radical (unpaired) electrons. The third-order valence-corrected chi connectivity index (χ3v) is 2.87. The van der Waals surface area contributed by atoms with Gasteiger partial charge in [0.25, 0.3) is 0 Å². The van der Waals surface area contributed by atoms with Crippen LogP contribution in [0.2, 0.25) is 0 Å². The fourth-order valence-electron chi connectivity index (χ4n) is 1.96. The fourth-order valence-corrected chi connectivity index (χ4v) is 1.96. The van der Waals surface area contributed by atoms with Gasteiger partial charge in [-0.15, -0.1) is 0 Å². The molecule has 0 heterocycles. The SMILES string of the molecule is Cc1ccc(F)cc1OC1CCC(N)C1. The van der Waals surface area contributed by atoms with Crippen LogP contribution >= 0.6 is 0 Å². The van der Waals surface area contributed by atoms with Crippen molar-refractivity contribution in [1.82, 2.24) is 0 Å². The first-order chi connectivity index (χ1) is 7.15. The quantitative estimate of drug-likeness (QED) is 0.811. The number of hydrogen-bond donors (Lipinski definition) is 1. The first kappa shape index (κ1) is 10.4. The highest BCUT2D eigenvalue weighted by atomic mass is 19.1. The zero-order valence-electron chi connectivity index (χ0n) is 8.87. The lowest BCUT2D eigenvalue weighted by Gasteiger charge is -2.15. The number of rotatable bonds is 2. The Bertz CT molecular complexity index is 353. The van der Waals surface area contributed by atoms with E-state index in [-0.39, 0.29) is 18.0 Å². The monoisotopic (exact) mass is 209 g/mol. The van der Waals surface area contributed by atoms with E-state index in [1.807, 2.05) is 6.92 Å². The van der Waals surface area contributed by atoms with Crippen molar-refractivity contribution in [2.24, 2.45) is 5.73 Å². The lowest BCUT2D eigenvalue weighted by Crippen LogP contribution is -2.19. The number of aryl methyl sites for hydroxylation is 1. The minimum absolute atomic E-state index is 0.153. The number of hydrogen-bond acceptors (Lipinski definition) is 2. The van der Waals surface area contributed by atoms with Crippen LogP contribution in [0.4, 0.5) is 4.39 Å². The van der Waals surface area contributed by atoms with E-state index in [9.17, 15) is 4.39 Å². The van der Waals surface area contributed by atoms with Crippen molar-refractivity contribution in [1.29, 1.82) is 0 Å². The summed E-state index contributed by atoms with van der Waals surface area (Å²) in [7, 11) is 0. The van der Waals surface area contributed by atoms with Gasteiger partial charge in [0, 0.05) is 12.1 Å². The molecule has 2 atom stereocenters. The fraction of sp³-hybridized carbons (Fsp3) is 0.500. The Balaban J connectivity index is 2.07. The van der Waals surface area contributed by atoms with Crippen molar-refractivity contribution in [3.8, 4) is 5.75 Å². The van der Waals surface area contributed by atoms with Crippen molar-refractivity contribution < 1.29 is 9.13 Å². The zero-order chi connectivity index (χ0) is 10.8. The smallest absolute Gasteiger partial charge is 0.126 e. The molecule has 15 heavy (non-hydrogen) atoms. The first-order valence-electron chi connectivity index (χ1n) is 5.33. The van der Waals surface area contributed by atoms with Gasteiger partial charge in [0.15, 0.2) is 0 Å². The average molecular weight is 209 g/mol. The van der Waals surface area contributed by atoms with Crippen LogP contribution in [-0.2, 0) is 0 Å². The van der Waals surface area contributed by atoms with Crippen molar-refractivity contribution in [3.05, 3.63) is 29.6 Å². The maximum Gasteiger partial charge on any atom is 0.126 e. The van der Waals surface area contributed by atoms with E-state index in [0.717, 1.165) is 24.8 Å².